The van der Waals surface area contributed by atoms with Crippen molar-refractivity contribution in [2.45, 2.75) is 6.92 Å². The number of aryl methyl sites for hydroxylation is 1. The molecule has 2 aromatic carbocycles. The molecule has 0 unspecified atom stereocenters. The lowest BCUT2D eigenvalue weighted by atomic mass is 9.96. The molecule has 0 radical (unpaired) electrons. The maximum absolute atomic E-state index is 4.46. The molecule has 0 spiro atoms. The molecule has 0 aliphatic rings. The van der Waals surface area contributed by atoms with Gasteiger partial charge in [-0.25, -0.2) is 0 Å². The van der Waals surface area contributed by atoms with Gasteiger partial charge < -0.3 is 0 Å². The minimum absolute atomic E-state index is 1.01. The van der Waals surface area contributed by atoms with Crippen molar-refractivity contribution in [3.8, 4) is 22.4 Å². The first-order valence-electron chi connectivity index (χ1n) is 6.42. The van der Waals surface area contributed by atoms with Crippen LogP contribution in [0.25, 0.3) is 22.4 Å². The fourth-order valence-electron chi connectivity index (χ4n) is 2.29. The monoisotopic (exact) mass is 245 g/mol. The van der Waals surface area contributed by atoms with Gasteiger partial charge in [-0.3, -0.25) is 4.98 Å². The summed E-state index contributed by atoms with van der Waals surface area (Å²) in [6, 6.07) is 23.0. The van der Waals surface area contributed by atoms with Gasteiger partial charge in [0, 0.05) is 11.8 Å². The fraction of sp³-hybridized carbons (Fsp3) is 0.0556. The number of hydrogen-bond acceptors (Lipinski definition) is 1. The first kappa shape index (κ1) is 11.7. The molecule has 92 valence electrons. The van der Waals surface area contributed by atoms with E-state index in [1.807, 2.05) is 18.3 Å². The second-order valence-corrected chi connectivity index (χ2v) is 4.63. The van der Waals surface area contributed by atoms with E-state index in [0.717, 1.165) is 5.69 Å². The number of pyridine rings is 1. The molecular weight excluding hydrogens is 230 g/mol. The SMILES string of the molecule is Cc1cccc(-c2ccccc2-c2ccccn2)c1. The first-order chi connectivity index (χ1) is 9.34. The molecule has 0 aliphatic heterocycles. The van der Waals surface area contributed by atoms with E-state index in [0.29, 0.717) is 0 Å². The van der Waals surface area contributed by atoms with E-state index < -0.39 is 0 Å². The van der Waals surface area contributed by atoms with Crippen LogP contribution in [-0.4, -0.2) is 4.98 Å². The smallest absolute Gasteiger partial charge is 0.0708 e. The molecule has 0 fully saturated rings. The highest BCUT2D eigenvalue weighted by Gasteiger charge is 2.07. The van der Waals surface area contributed by atoms with Gasteiger partial charge in [-0.2, -0.15) is 0 Å². The third kappa shape index (κ3) is 2.41. The summed E-state index contributed by atoms with van der Waals surface area (Å²) in [4.78, 5) is 4.46. The summed E-state index contributed by atoms with van der Waals surface area (Å²) in [6.07, 6.45) is 1.84. The second kappa shape index (κ2) is 5.07. The lowest BCUT2D eigenvalue weighted by molar-refractivity contribution is 1.33. The summed E-state index contributed by atoms with van der Waals surface area (Å²) in [5.41, 5.74) is 5.92. The molecule has 3 rings (SSSR count). The van der Waals surface area contributed by atoms with Crippen molar-refractivity contribution < 1.29 is 0 Å². The van der Waals surface area contributed by atoms with Gasteiger partial charge in [-0.05, 0) is 30.2 Å². The highest BCUT2D eigenvalue weighted by Crippen LogP contribution is 2.30. The Labute approximate surface area is 113 Å². The average molecular weight is 245 g/mol. The van der Waals surface area contributed by atoms with Crippen LogP contribution in [0, 0.1) is 6.92 Å². The molecule has 0 N–H and O–H groups in total. The Morgan fingerprint density at radius 3 is 2.26 bits per heavy atom. The second-order valence-electron chi connectivity index (χ2n) is 4.63. The van der Waals surface area contributed by atoms with E-state index in [4.69, 9.17) is 0 Å². The molecule has 1 heteroatoms. The predicted molar refractivity (Wildman–Crippen MR) is 79.8 cm³/mol. The van der Waals surface area contributed by atoms with E-state index in [1.54, 1.807) is 0 Å². The zero-order valence-corrected chi connectivity index (χ0v) is 10.9. The standard InChI is InChI=1S/C18H15N/c1-14-7-6-8-15(13-14)16-9-2-3-10-17(16)18-11-4-5-12-19-18/h2-13H,1H3. The lowest BCUT2D eigenvalue weighted by Gasteiger charge is -2.09. The van der Waals surface area contributed by atoms with Crippen LogP contribution >= 0.6 is 0 Å². The number of hydrogen-bond donors (Lipinski definition) is 0. The largest absolute Gasteiger partial charge is 0.256 e. The van der Waals surface area contributed by atoms with Gasteiger partial charge in [0.2, 0.25) is 0 Å². The van der Waals surface area contributed by atoms with Crippen LogP contribution in [0.4, 0.5) is 0 Å². The lowest BCUT2D eigenvalue weighted by Crippen LogP contribution is -1.87. The van der Waals surface area contributed by atoms with E-state index in [2.05, 4.69) is 66.5 Å². The molecule has 3 aromatic rings. The highest BCUT2D eigenvalue weighted by molar-refractivity contribution is 5.81. The van der Waals surface area contributed by atoms with Crippen LogP contribution in [0.15, 0.2) is 72.9 Å². The van der Waals surface area contributed by atoms with Gasteiger partial charge in [0.25, 0.3) is 0 Å². The Morgan fingerprint density at radius 1 is 0.737 bits per heavy atom. The summed E-state index contributed by atoms with van der Waals surface area (Å²) in [7, 11) is 0. The van der Waals surface area contributed by atoms with Gasteiger partial charge >= 0.3 is 0 Å². The summed E-state index contributed by atoms with van der Waals surface area (Å²) in [5, 5.41) is 0. The molecule has 19 heavy (non-hydrogen) atoms. The zero-order chi connectivity index (χ0) is 13.1. The third-order valence-electron chi connectivity index (χ3n) is 3.20. The van der Waals surface area contributed by atoms with Crippen molar-refractivity contribution in [3.63, 3.8) is 0 Å². The van der Waals surface area contributed by atoms with Crippen LogP contribution < -0.4 is 0 Å². The summed E-state index contributed by atoms with van der Waals surface area (Å²) < 4.78 is 0. The summed E-state index contributed by atoms with van der Waals surface area (Å²) in [6.45, 7) is 2.12. The summed E-state index contributed by atoms with van der Waals surface area (Å²) >= 11 is 0. The Hall–Kier alpha value is -2.41. The van der Waals surface area contributed by atoms with E-state index >= 15 is 0 Å². The van der Waals surface area contributed by atoms with Crippen molar-refractivity contribution in [3.05, 3.63) is 78.5 Å². The molecular formula is C18H15N. The van der Waals surface area contributed by atoms with Gasteiger partial charge in [-0.15, -0.1) is 0 Å². The van der Waals surface area contributed by atoms with E-state index in [1.165, 1.54) is 22.3 Å². The highest BCUT2D eigenvalue weighted by atomic mass is 14.7. The van der Waals surface area contributed by atoms with Crippen LogP contribution in [-0.2, 0) is 0 Å². The molecule has 0 atom stereocenters. The Kier molecular flexibility index (Phi) is 3.11. The van der Waals surface area contributed by atoms with Crippen molar-refractivity contribution in [2.24, 2.45) is 0 Å². The van der Waals surface area contributed by atoms with Crippen molar-refractivity contribution >= 4 is 0 Å². The van der Waals surface area contributed by atoms with Crippen LogP contribution in [0.1, 0.15) is 5.56 Å². The number of rotatable bonds is 2. The summed E-state index contributed by atoms with van der Waals surface area (Å²) in [5.74, 6) is 0. The molecule has 1 nitrogen and oxygen atoms in total. The van der Waals surface area contributed by atoms with Crippen molar-refractivity contribution in [1.82, 2.24) is 4.98 Å². The van der Waals surface area contributed by atoms with Gasteiger partial charge in [0.05, 0.1) is 5.69 Å². The Bertz CT molecular complexity index is 687. The molecule has 1 aromatic heterocycles. The van der Waals surface area contributed by atoms with Gasteiger partial charge in [0.1, 0.15) is 0 Å². The number of nitrogens with zero attached hydrogens (tertiary/aromatic N) is 1. The molecule has 0 amide bonds. The minimum atomic E-state index is 1.01. The van der Waals surface area contributed by atoms with Crippen LogP contribution in [0.3, 0.4) is 0 Å². The van der Waals surface area contributed by atoms with E-state index in [-0.39, 0.29) is 0 Å². The predicted octanol–water partition coefficient (Wildman–Crippen LogP) is 4.72. The Balaban J connectivity index is 2.18. The molecule has 0 saturated heterocycles. The first-order valence-corrected chi connectivity index (χ1v) is 6.42. The van der Waals surface area contributed by atoms with E-state index in [9.17, 15) is 0 Å². The molecule has 1 heterocycles. The van der Waals surface area contributed by atoms with Gasteiger partial charge in [-0.1, -0.05) is 60.2 Å². The zero-order valence-electron chi connectivity index (χ0n) is 10.9. The third-order valence-corrected chi connectivity index (χ3v) is 3.20. The molecule has 0 saturated carbocycles. The molecule has 0 aliphatic carbocycles. The number of aromatic nitrogens is 1. The fourth-order valence-corrected chi connectivity index (χ4v) is 2.29. The van der Waals surface area contributed by atoms with Crippen LogP contribution in [0.5, 0.6) is 0 Å². The van der Waals surface area contributed by atoms with Crippen molar-refractivity contribution in [1.29, 1.82) is 0 Å². The average Bonchev–Trinajstić information content (AvgIpc) is 2.48. The Morgan fingerprint density at radius 2 is 1.53 bits per heavy atom. The maximum Gasteiger partial charge on any atom is 0.0708 e. The van der Waals surface area contributed by atoms with Crippen LogP contribution in [0.2, 0.25) is 0 Å². The number of benzene rings is 2. The topological polar surface area (TPSA) is 12.9 Å². The molecule has 0 bridgehead atoms. The van der Waals surface area contributed by atoms with Gasteiger partial charge in [0.15, 0.2) is 0 Å². The maximum atomic E-state index is 4.46. The van der Waals surface area contributed by atoms with Crippen molar-refractivity contribution in [2.75, 3.05) is 0 Å². The normalized spacial score (nSPS) is 10.4. The minimum Gasteiger partial charge on any atom is -0.256 e. The quantitative estimate of drug-likeness (QED) is 0.636.